The summed E-state index contributed by atoms with van der Waals surface area (Å²) in [4.78, 5) is 7.00. The van der Waals surface area contributed by atoms with Crippen LogP contribution < -0.4 is 10.6 Å². The van der Waals surface area contributed by atoms with Gasteiger partial charge in [-0.25, -0.2) is 0 Å². The number of piperidine rings is 3. The molecule has 5 saturated heterocycles. The van der Waals surface area contributed by atoms with Gasteiger partial charge in [0.1, 0.15) is 0 Å². The molecule has 0 spiro atoms. The Morgan fingerprint density at radius 2 is 1.73 bits per heavy atom. The van der Waals surface area contributed by atoms with Gasteiger partial charge in [-0.15, -0.1) is 0 Å². The Morgan fingerprint density at radius 1 is 1.02 bits per heavy atom. The van der Waals surface area contributed by atoms with Gasteiger partial charge in [0.25, 0.3) is 0 Å². The first kappa shape index (κ1) is 27.2. The summed E-state index contributed by atoms with van der Waals surface area (Å²) in [5.74, 6) is 0.547. The summed E-state index contributed by atoms with van der Waals surface area (Å²) in [7, 11) is 0. The maximum atomic E-state index is 13.2. The maximum absolute atomic E-state index is 13.2. The fourth-order valence-electron chi connectivity index (χ4n) is 6.54. The van der Waals surface area contributed by atoms with Crippen LogP contribution in [0, 0.1) is 5.92 Å². The summed E-state index contributed by atoms with van der Waals surface area (Å²) < 4.78 is 86.3. The summed E-state index contributed by atoms with van der Waals surface area (Å²) in [6, 6.07) is 8.79. The predicted octanol–water partition coefficient (Wildman–Crippen LogP) is 7.40. The molecule has 4 bridgehead atoms. The molecular formula is C28H26F6N4OS. The quantitative estimate of drug-likeness (QED) is 0.248. The Morgan fingerprint density at radius 3 is 2.35 bits per heavy atom. The number of rotatable bonds is 4. The van der Waals surface area contributed by atoms with Gasteiger partial charge in [0.2, 0.25) is 0 Å². The van der Waals surface area contributed by atoms with Gasteiger partial charge in [-0.1, -0.05) is 6.92 Å². The van der Waals surface area contributed by atoms with Crippen LogP contribution in [0.1, 0.15) is 49.0 Å². The SMILES string of the molecule is CC[C@]12CN3CC[C@H]1C[C@@H]3[C@H](c1ccnc3ccc(NC(=S)Nc4cc(C(F)(F)F)cc(C(F)(F)F)c4)cc13)O2. The second kappa shape index (κ2) is 9.56. The summed E-state index contributed by atoms with van der Waals surface area (Å²) in [5, 5.41) is 6.04. The Kier molecular flexibility index (Phi) is 6.50. The summed E-state index contributed by atoms with van der Waals surface area (Å²) in [6.07, 6.45) is -5.15. The van der Waals surface area contributed by atoms with Crippen LogP contribution in [-0.4, -0.2) is 39.7 Å². The first-order valence-electron chi connectivity index (χ1n) is 13.0. The summed E-state index contributed by atoms with van der Waals surface area (Å²) in [6.45, 7) is 4.16. The van der Waals surface area contributed by atoms with E-state index >= 15 is 0 Å². The van der Waals surface area contributed by atoms with E-state index in [0.717, 1.165) is 48.8 Å². The number of nitrogens with zero attached hydrogens (tertiary/aromatic N) is 2. The van der Waals surface area contributed by atoms with Crippen molar-refractivity contribution in [2.75, 3.05) is 23.7 Å². The fourth-order valence-corrected chi connectivity index (χ4v) is 6.78. The molecule has 5 nitrogen and oxygen atoms in total. The number of alkyl halides is 6. The highest BCUT2D eigenvalue weighted by Crippen LogP contribution is 2.54. The summed E-state index contributed by atoms with van der Waals surface area (Å²) >= 11 is 5.25. The minimum Gasteiger partial charge on any atom is -0.364 e. The molecule has 40 heavy (non-hydrogen) atoms. The van der Waals surface area contributed by atoms with Crippen molar-refractivity contribution in [1.82, 2.24) is 9.88 Å². The Hall–Kier alpha value is -2.96. The van der Waals surface area contributed by atoms with E-state index < -0.39 is 29.2 Å². The van der Waals surface area contributed by atoms with Crippen molar-refractivity contribution in [3.63, 3.8) is 0 Å². The van der Waals surface area contributed by atoms with E-state index in [-0.39, 0.29) is 28.9 Å². The zero-order chi connectivity index (χ0) is 28.4. The van der Waals surface area contributed by atoms with Crippen molar-refractivity contribution < 1.29 is 31.1 Å². The van der Waals surface area contributed by atoms with Crippen molar-refractivity contribution in [2.45, 2.75) is 56.3 Å². The number of anilines is 2. The number of hydrogen-bond acceptors (Lipinski definition) is 4. The lowest BCUT2D eigenvalue weighted by molar-refractivity contribution is -0.274. The van der Waals surface area contributed by atoms with Crippen molar-refractivity contribution in [2.24, 2.45) is 5.92 Å². The van der Waals surface area contributed by atoms with Gasteiger partial charge in [-0.2, -0.15) is 26.3 Å². The average molecular weight is 581 g/mol. The Labute approximate surface area is 231 Å². The molecule has 0 radical (unpaired) electrons. The molecule has 5 aliphatic rings. The molecule has 5 fully saturated rings. The molecule has 0 amide bonds. The third-order valence-corrected chi connectivity index (χ3v) is 8.67. The zero-order valence-corrected chi connectivity index (χ0v) is 22.2. The molecule has 5 aliphatic heterocycles. The third-order valence-electron chi connectivity index (χ3n) is 8.47. The van der Waals surface area contributed by atoms with Crippen LogP contribution in [0.2, 0.25) is 0 Å². The first-order chi connectivity index (χ1) is 18.9. The predicted molar refractivity (Wildman–Crippen MR) is 143 cm³/mol. The molecule has 212 valence electrons. The minimum absolute atomic E-state index is 0.0740. The number of thiocarbonyl (C=S) groups is 1. The Bertz CT molecular complexity index is 1450. The van der Waals surface area contributed by atoms with Gasteiger partial charge in [0.05, 0.1) is 28.3 Å². The Balaban J connectivity index is 1.27. The van der Waals surface area contributed by atoms with Crippen LogP contribution in [0.3, 0.4) is 0 Å². The minimum atomic E-state index is -4.96. The van der Waals surface area contributed by atoms with Gasteiger partial charge in [-0.05, 0) is 92.0 Å². The van der Waals surface area contributed by atoms with Crippen LogP contribution in [0.25, 0.3) is 10.9 Å². The number of ether oxygens (including phenoxy) is 1. The molecule has 0 saturated carbocycles. The zero-order valence-electron chi connectivity index (χ0n) is 21.4. The molecule has 8 rings (SSSR count). The topological polar surface area (TPSA) is 49.4 Å². The number of aromatic nitrogens is 1. The normalized spacial score (nSPS) is 27.7. The second-order valence-corrected chi connectivity index (χ2v) is 11.1. The van der Waals surface area contributed by atoms with Crippen LogP contribution in [0.4, 0.5) is 37.7 Å². The lowest BCUT2D eigenvalue weighted by atomic mass is 9.66. The monoisotopic (exact) mass is 580 g/mol. The van der Waals surface area contributed by atoms with E-state index in [1.165, 1.54) is 0 Å². The standard InChI is InChI=1S/C28H26F6N4OS/c1-2-26-14-38-8-6-15(26)12-23(38)24(39-26)20-5-7-35-22-4-3-18(13-21(20)22)36-25(40)37-19-10-16(27(29,30)31)9-17(11-19)28(32,33)34/h3-5,7,9-11,13,15,23-24H,2,6,8,12,14H2,1H3,(H2,36,37,40)/t15-,23+,24-,26-/m0/s1. The smallest absolute Gasteiger partial charge is 0.364 e. The third kappa shape index (κ3) is 4.79. The van der Waals surface area contributed by atoms with E-state index in [2.05, 4.69) is 27.4 Å². The van der Waals surface area contributed by atoms with Crippen LogP contribution in [0.5, 0.6) is 0 Å². The number of halogens is 6. The molecular weight excluding hydrogens is 554 g/mol. The van der Waals surface area contributed by atoms with Gasteiger partial charge in [0, 0.05) is 35.5 Å². The number of fused-ring (bicyclic) bond motifs is 3. The fraction of sp³-hybridized carbons (Fsp3) is 0.429. The molecule has 1 aromatic heterocycles. The van der Waals surface area contributed by atoms with E-state index in [4.69, 9.17) is 17.0 Å². The molecule has 2 aromatic carbocycles. The lowest BCUT2D eigenvalue weighted by Gasteiger charge is -2.64. The van der Waals surface area contributed by atoms with E-state index in [0.29, 0.717) is 23.7 Å². The van der Waals surface area contributed by atoms with Crippen LogP contribution >= 0.6 is 12.2 Å². The van der Waals surface area contributed by atoms with Crippen LogP contribution in [-0.2, 0) is 17.1 Å². The second-order valence-electron chi connectivity index (χ2n) is 10.7. The van der Waals surface area contributed by atoms with Gasteiger partial charge < -0.3 is 15.4 Å². The number of pyridine rings is 1. The molecule has 5 atom stereocenters. The average Bonchev–Trinajstić information content (AvgIpc) is 2.91. The molecule has 12 heteroatoms. The number of morpholine rings is 1. The molecule has 0 aliphatic carbocycles. The van der Waals surface area contributed by atoms with Gasteiger partial charge >= 0.3 is 12.4 Å². The highest BCUT2D eigenvalue weighted by atomic mass is 32.1. The largest absolute Gasteiger partial charge is 0.416 e. The summed E-state index contributed by atoms with van der Waals surface area (Å²) in [5.41, 5.74) is -1.21. The van der Waals surface area contributed by atoms with E-state index in [9.17, 15) is 26.3 Å². The number of nitrogens with one attached hydrogen (secondary N) is 2. The molecule has 3 aromatic rings. The van der Waals surface area contributed by atoms with Crippen molar-refractivity contribution in [3.8, 4) is 0 Å². The lowest BCUT2D eigenvalue weighted by Crippen LogP contribution is -2.70. The highest BCUT2D eigenvalue weighted by Gasteiger charge is 2.58. The maximum Gasteiger partial charge on any atom is 0.416 e. The van der Waals surface area contributed by atoms with Crippen molar-refractivity contribution in [1.29, 1.82) is 0 Å². The first-order valence-corrected chi connectivity index (χ1v) is 13.5. The molecule has 6 heterocycles. The van der Waals surface area contributed by atoms with Gasteiger partial charge in [-0.3, -0.25) is 9.88 Å². The van der Waals surface area contributed by atoms with Gasteiger partial charge in [0.15, 0.2) is 5.11 Å². The van der Waals surface area contributed by atoms with Crippen molar-refractivity contribution >= 4 is 39.6 Å². The van der Waals surface area contributed by atoms with Crippen LogP contribution in [0.15, 0.2) is 48.7 Å². The number of benzene rings is 2. The highest BCUT2D eigenvalue weighted by molar-refractivity contribution is 7.80. The molecule has 2 N–H and O–H groups in total. The van der Waals surface area contributed by atoms with E-state index in [1.54, 1.807) is 18.3 Å². The molecule has 1 unspecified atom stereocenters. The van der Waals surface area contributed by atoms with E-state index in [1.807, 2.05) is 12.1 Å². The number of hydrogen-bond donors (Lipinski definition) is 2. The van der Waals surface area contributed by atoms with Crippen molar-refractivity contribution in [3.05, 3.63) is 65.4 Å².